The van der Waals surface area contributed by atoms with Crippen LogP contribution >= 0.6 is 17.0 Å². The number of hydrogen-bond donors (Lipinski definition) is 1. The molecule has 0 unspecified atom stereocenters. The highest BCUT2D eigenvalue weighted by atomic mass is 79.9. The summed E-state index contributed by atoms with van der Waals surface area (Å²) >= 11 is 0. The summed E-state index contributed by atoms with van der Waals surface area (Å²) in [6, 6.07) is 0. The average molecular weight is 364 g/mol. The van der Waals surface area contributed by atoms with Crippen molar-refractivity contribution in [2.75, 3.05) is 13.1 Å². The molecule has 0 aromatic carbocycles. The minimum absolute atomic E-state index is 0. The minimum atomic E-state index is 0. The van der Waals surface area contributed by atoms with E-state index in [2.05, 4.69) is 19.2 Å². The van der Waals surface area contributed by atoms with Crippen molar-refractivity contribution in [3.8, 4) is 0 Å². The van der Waals surface area contributed by atoms with Gasteiger partial charge in [0.15, 0.2) is 0 Å². The summed E-state index contributed by atoms with van der Waals surface area (Å²) in [5.41, 5.74) is 0. The largest absolute Gasteiger partial charge is 0.317 e. The molecular formula is C19H42BrN. The van der Waals surface area contributed by atoms with Crippen LogP contribution < -0.4 is 5.32 Å². The normalized spacial score (nSPS) is 10.6. The SMILES string of the molecule is Br.CCCCCCCCCCCCCCCCNCCC. The van der Waals surface area contributed by atoms with E-state index < -0.39 is 0 Å². The van der Waals surface area contributed by atoms with Gasteiger partial charge in [0, 0.05) is 0 Å². The molecule has 0 aliphatic rings. The summed E-state index contributed by atoms with van der Waals surface area (Å²) in [7, 11) is 0. The van der Waals surface area contributed by atoms with Crippen molar-refractivity contribution in [3.63, 3.8) is 0 Å². The second-order valence-electron chi connectivity index (χ2n) is 6.35. The average Bonchev–Trinajstić information content (AvgIpc) is 2.47. The molecule has 1 N–H and O–H groups in total. The van der Waals surface area contributed by atoms with Crippen molar-refractivity contribution in [2.45, 2.75) is 110 Å². The van der Waals surface area contributed by atoms with Gasteiger partial charge in [-0.15, -0.1) is 17.0 Å². The van der Waals surface area contributed by atoms with Crippen molar-refractivity contribution >= 4 is 17.0 Å². The summed E-state index contributed by atoms with van der Waals surface area (Å²) in [5, 5.41) is 3.48. The zero-order valence-electron chi connectivity index (χ0n) is 14.9. The number of hydrogen-bond acceptors (Lipinski definition) is 1. The van der Waals surface area contributed by atoms with Gasteiger partial charge in [-0.2, -0.15) is 0 Å². The van der Waals surface area contributed by atoms with Gasteiger partial charge < -0.3 is 5.32 Å². The van der Waals surface area contributed by atoms with E-state index in [1.807, 2.05) is 0 Å². The van der Waals surface area contributed by atoms with Gasteiger partial charge in [-0.1, -0.05) is 97.3 Å². The molecule has 0 aliphatic heterocycles. The molecule has 0 amide bonds. The van der Waals surface area contributed by atoms with E-state index in [1.54, 1.807) is 0 Å². The zero-order chi connectivity index (χ0) is 14.7. The van der Waals surface area contributed by atoms with E-state index in [-0.39, 0.29) is 17.0 Å². The Labute approximate surface area is 145 Å². The zero-order valence-corrected chi connectivity index (χ0v) is 16.6. The van der Waals surface area contributed by atoms with Crippen LogP contribution in [0, 0.1) is 0 Å². The van der Waals surface area contributed by atoms with Crippen LogP contribution in [0.3, 0.4) is 0 Å². The molecule has 0 spiro atoms. The fraction of sp³-hybridized carbons (Fsp3) is 1.00. The Kier molecular flexibility index (Phi) is 25.6. The van der Waals surface area contributed by atoms with Crippen LogP contribution in [0.25, 0.3) is 0 Å². The molecule has 0 aromatic heterocycles. The molecule has 0 rings (SSSR count). The molecule has 0 aromatic rings. The Morgan fingerprint density at radius 3 is 1.19 bits per heavy atom. The molecule has 0 saturated carbocycles. The first-order chi connectivity index (χ1) is 9.91. The highest BCUT2D eigenvalue weighted by Gasteiger charge is 1.94. The second kappa shape index (κ2) is 22.7. The molecular weight excluding hydrogens is 322 g/mol. The van der Waals surface area contributed by atoms with E-state index in [4.69, 9.17) is 0 Å². The van der Waals surface area contributed by atoms with E-state index in [0.29, 0.717) is 0 Å². The van der Waals surface area contributed by atoms with E-state index in [0.717, 1.165) is 0 Å². The van der Waals surface area contributed by atoms with E-state index >= 15 is 0 Å². The second-order valence-corrected chi connectivity index (χ2v) is 6.35. The fourth-order valence-electron chi connectivity index (χ4n) is 2.75. The minimum Gasteiger partial charge on any atom is -0.317 e. The van der Waals surface area contributed by atoms with Crippen molar-refractivity contribution < 1.29 is 0 Å². The van der Waals surface area contributed by atoms with Crippen molar-refractivity contribution in [3.05, 3.63) is 0 Å². The highest BCUT2D eigenvalue weighted by molar-refractivity contribution is 8.93. The summed E-state index contributed by atoms with van der Waals surface area (Å²) in [4.78, 5) is 0. The molecule has 0 radical (unpaired) electrons. The Bertz CT molecular complexity index is 144. The molecule has 2 heteroatoms. The van der Waals surface area contributed by atoms with Crippen molar-refractivity contribution in [1.29, 1.82) is 0 Å². The van der Waals surface area contributed by atoms with Crippen molar-refractivity contribution in [2.24, 2.45) is 0 Å². The Morgan fingerprint density at radius 1 is 0.429 bits per heavy atom. The van der Waals surface area contributed by atoms with Gasteiger partial charge in [-0.25, -0.2) is 0 Å². The van der Waals surface area contributed by atoms with E-state index in [9.17, 15) is 0 Å². The highest BCUT2D eigenvalue weighted by Crippen LogP contribution is 2.12. The molecule has 0 atom stereocenters. The Morgan fingerprint density at radius 2 is 0.810 bits per heavy atom. The van der Waals surface area contributed by atoms with Crippen LogP contribution in [0.2, 0.25) is 0 Å². The smallest absolute Gasteiger partial charge is 0.00489 e. The Hall–Kier alpha value is 0.440. The lowest BCUT2D eigenvalue weighted by atomic mass is 10.0. The molecule has 0 fully saturated rings. The summed E-state index contributed by atoms with van der Waals surface area (Å²) < 4.78 is 0. The predicted octanol–water partition coefficient (Wildman–Crippen LogP) is 7.05. The van der Waals surface area contributed by atoms with Gasteiger partial charge in [-0.05, 0) is 25.9 Å². The van der Waals surface area contributed by atoms with Crippen LogP contribution in [0.5, 0.6) is 0 Å². The van der Waals surface area contributed by atoms with Crippen LogP contribution in [0.15, 0.2) is 0 Å². The molecule has 1 nitrogen and oxygen atoms in total. The van der Waals surface area contributed by atoms with E-state index in [1.165, 1.54) is 109 Å². The van der Waals surface area contributed by atoms with Gasteiger partial charge in [0.2, 0.25) is 0 Å². The standard InChI is InChI=1S/C19H41N.BrH/c1-3-5-6-7-8-9-10-11-12-13-14-15-16-17-19-20-18-4-2;/h20H,3-19H2,1-2H3;1H. The molecule has 0 heterocycles. The monoisotopic (exact) mass is 363 g/mol. The third kappa shape index (κ3) is 22.9. The number of nitrogens with one attached hydrogen (secondary N) is 1. The predicted molar refractivity (Wildman–Crippen MR) is 104 cm³/mol. The number of unbranched alkanes of at least 4 members (excludes halogenated alkanes) is 13. The van der Waals surface area contributed by atoms with Gasteiger partial charge in [0.25, 0.3) is 0 Å². The molecule has 130 valence electrons. The molecule has 21 heavy (non-hydrogen) atoms. The Balaban J connectivity index is 0. The maximum Gasteiger partial charge on any atom is -0.00489 e. The topological polar surface area (TPSA) is 12.0 Å². The summed E-state index contributed by atoms with van der Waals surface area (Å²) in [6.45, 7) is 6.95. The first-order valence-corrected chi connectivity index (χ1v) is 9.62. The molecule has 0 aliphatic carbocycles. The van der Waals surface area contributed by atoms with Gasteiger partial charge in [-0.3, -0.25) is 0 Å². The number of rotatable bonds is 17. The lowest BCUT2D eigenvalue weighted by Gasteiger charge is -2.04. The lowest BCUT2D eigenvalue weighted by Crippen LogP contribution is -2.15. The first kappa shape index (κ1) is 23.7. The molecule has 0 saturated heterocycles. The van der Waals surface area contributed by atoms with Crippen LogP contribution in [0.4, 0.5) is 0 Å². The number of halogens is 1. The fourth-order valence-corrected chi connectivity index (χ4v) is 2.75. The van der Waals surface area contributed by atoms with Gasteiger partial charge in [0.1, 0.15) is 0 Å². The summed E-state index contributed by atoms with van der Waals surface area (Å²) in [6.07, 6.45) is 21.6. The maximum absolute atomic E-state index is 3.48. The molecule has 0 bridgehead atoms. The van der Waals surface area contributed by atoms with Gasteiger partial charge >= 0.3 is 0 Å². The van der Waals surface area contributed by atoms with Crippen molar-refractivity contribution in [1.82, 2.24) is 5.32 Å². The van der Waals surface area contributed by atoms with Crippen LogP contribution in [-0.4, -0.2) is 13.1 Å². The third-order valence-corrected chi connectivity index (χ3v) is 4.13. The summed E-state index contributed by atoms with van der Waals surface area (Å²) in [5.74, 6) is 0. The lowest BCUT2D eigenvalue weighted by molar-refractivity contribution is 0.529. The van der Waals surface area contributed by atoms with Crippen LogP contribution in [-0.2, 0) is 0 Å². The quantitative estimate of drug-likeness (QED) is 0.273. The van der Waals surface area contributed by atoms with Crippen LogP contribution in [0.1, 0.15) is 110 Å². The first-order valence-electron chi connectivity index (χ1n) is 9.62. The maximum atomic E-state index is 3.48. The third-order valence-electron chi connectivity index (χ3n) is 4.13. The van der Waals surface area contributed by atoms with Gasteiger partial charge in [0.05, 0.1) is 0 Å².